The molecule has 0 atom stereocenters. The van der Waals surface area contributed by atoms with E-state index in [1.165, 1.54) is 11.1 Å². The zero-order valence-electron chi connectivity index (χ0n) is 26.5. The Labute approximate surface area is 262 Å². The molecule has 0 bridgehead atoms. The molecule has 0 spiro atoms. The van der Waals surface area contributed by atoms with Gasteiger partial charge in [0.1, 0.15) is 11.2 Å². The summed E-state index contributed by atoms with van der Waals surface area (Å²) in [5.74, 6) is 0.500. The molecule has 222 valence electrons. The van der Waals surface area contributed by atoms with Crippen LogP contribution in [-0.2, 0) is 10.8 Å². The highest BCUT2D eigenvalue weighted by Gasteiger charge is 2.26. The third-order valence-corrected chi connectivity index (χ3v) is 8.82. The number of fused-ring (bicyclic) bond motifs is 7. The van der Waals surface area contributed by atoms with Crippen molar-refractivity contribution in [2.45, 2.75) is 52.4 Å². The molecule has 4 aromatic heterocycles. The molecule has 4 aromatic carbocycles. The summed E-state index contributed by atoms with van der Waals surface area (Å²) in [4.78, 5) is 10.4. The number of hydrogen-bond acceptors (Lipinski definition) is 4. The predicted molar refractivity (Wildman–Crippen MR) is 184 cm³/mol. The monoisotopic (exact) mass is 589 g/mol. The molecular formula is C40H35N3O2. The van der Waals surface area contributed by atoms with Crippen LogP contribution in [0.1, 0.15) is 52.7 Å². The van der Waals surface area contributed by atoms with Gasteiger partial charge in [0, 0.05) is 21.9 Å². The standard InChI is InChI=1S/C40H35N3O2/c1-39(2,3)26-19-15-24(16-20-26)30-23-31(25-17-21-27(22-18-25)40(4,5)6)42-38(41-30)43-36-34(28-11-7-9-13-32(28)44-36)35-29-12-8-10-14-33(29)45-37(35)43/h7-23H,1-6H3. The van der Waals surface area contributed by atoms with Crippen molar-refractivity contribution in [3.8, 4) is 28.5 Å². The minimum atomic E-state index is 0.0558. The van der Waals surface area contributed by atoms with E-state index in [0.717, 1.165) is 55.2 Å². The Bertz CT molecular complexity index is 2210. The Hall–Kier alpha value is -5.16. The van der Waals surface area contributed by atoms with Crippen LogP contribution in [-0.4, -0.2) is 14.5 Å². The molecule has 0 aliphatic carbocycles. The van der Waals surface area contributed by atoms with Crippen molar-refractivity contribution in [2.75, 3.05) is 0 Å². The van der Waals surface area contributed by atoms with E-state index in [2.05, 4.69) is 108 Å². The summed E-state index contributed by atoms with van der Waals surface area (Å²) in [5.41, 5.74) is 9.34. The summed E-state index contributed by atoms with van der Waals surface area (Å²) < 4.78 is 15.1. The van der Waals surface area contributed by atoms with Crippen molar-refractivity contribution in [1.29, 1.82) is 0 Å². The highest BCUT2D eigenvalue weighted by Crippen LogP contribution is 2.43. The average Bonchev–Trinajstić information content (AvgIpc) is 3.67. The fourth-order valence-electron chi connectivity index (χ4n) is 6.25. The number of aromatic nitrogens is 3. The minimum absolute atomic E-state index is 0.0558. The van der Waals surface area contributed by atoms with Crippen LogP contribution in [0, 0.1) is 0 Å². The number of nitrogens with zero attached hydrogens (tertiary/aromatic N) is 3. The maximum absolute atomic E-state index is 6.55. The van der Waals surface area contributed by atoms with Crippen LogP contribution in [0.4, 0.5) is 0 Å². The molecule has 0 N–H and O–H groups in total. The van der Waals surface area contributed by atoms with E-state index in [1.54, 1.807) is 0 Å². The third-order valence-electron chi connectivity index (χ3n) is 8.82. The average molecular weight is 590 g/mol. The zero-order chi connectivity index (χ0) is 31.1. The Morgan fingerprint density at radius 1 is 0.511 bits per heavy atom. The molecule has 0 unspecified atom stereocenters. The smallest absolute Gasteiger partial charge is 0.240 e. The fourth-order valence-corrected chi connectivity index (χ4v) is 6.25. The normalized spacial score (nSPS) is 12.7. The van der Waals surface area contributed by atoms with E-state index in [4.69, 9.17) is 18.8 Å². The SMILES string of the molecule is CC(C)(C)c1ccc(-c2cc(-c3ccc(C(C)(C)C)cc3)nc(-n3c4oc5ccccc5c4c4c5ccccc5oc43)n2)cc1. The first kappa shape index (κ1) is 27.4. The second-order valence-corrected chi connectivity index (χ2v) is 14.0. The molecule has 0 fully saturated rings. The summed E-state index contributed by atoms with van der Waals surface area (Å²) >= 11 is 0. The first-order chi connectivity index (χ1) is 21.6. The summed E-state index contributed by atoms with van der Waals surface area (Å²) in [6.07, 6.45) is 0. The second kappa shape index (κ2) is 9.67. The first-order valence-electron chi connectivity index (χ1n) is 15.5. The lowest BCUT2D eigenvalue weighted by Gasteiger charge is -2.19. The Balaban J connectivity index is 1.42. The van der Waals surface area contributed by atoms with Gasteiger partial charge in [-0.2, -0.15) is 0 Å². The quantitative estimate of drug-likeness (QED) is 0.206. The topological polar surface area (TPSA) is 57.0 Å². The maximum atomic E-state index is 6.55. The van der Waals surface area contributed by atoms with Gasteiger partial charge in [-0.3, -0.25) is 0 Å². The van der Waals surface area contributed by atoms with Gasteiger partial charge in [-0.15, -0.1) is 0 Å². The summed E-state index contributed by atoms with van der Waals surface area (Å²) in [6.45, 7) is 13.4. The van der Waals surface area contributed by atoms with Crippen LogP contribution in [0.2, 0.25) is 0 Å². The highest BCUT2D eigenvalue weighted by molar-refractivity contribution is 6.26. The molecule has 0 aliphatic rings. The van der Waals surface area contributed by atoms with Crippen molar-refractivity contribution < 1.29 is 8.83 Å². The van der Waals surface area contributed by atoms with E-state index in [9.17, 15) is 0 Å². The first-order valence-corrected chi connectivity index (χ1v) is 15.5. The zero-order valence-corrected chi connectivity index (χ0v) is 26.5. The van der Waals surface area contributed by atoms with Crippen LogP contribution in [0.3, 0.4) is 0 Å². The lowest BCUT2D eigenvalue weighted by Crippen LogP contribution is -2.10. The van der Waals surface area contributed by atoms with Gasteiger partial charge in [0.25, 0.3) is 0 Å². The van der Waals surface area contributed by atoms with Crippen LogP contribution in [0.25, 0.3) is 72.6 Å². The van der Waals surface area contributed by atoms with E-state index in [0.29, 0.717) is 17.4 Å². The Kier molecular flexibility index (Phi) is 5.89. The predicted octanol–water partition coefficient (Wildman–Crippen LogP) is 11.0. The van der Waals surface area contributed by atoms with Crippen molar-refractivity contribution in [1.82, 2.24) is 14.5 Å². The molecule has 5 heteroatoms. The second-order valence-electron chi connectivity index (χ2n) is 14.0. The largest absolute Gasteiger partial charge is 0.439 e. The van der Waals surface area contributed by atoms with Gasteiger partial charge >= 0.3 is 0 Å². The van der Waals surface area contributed by atoms with E-state index >= 15 is 0 Å². The van der Waals surface area contributed by atoms with Gasteiger partial charge in [-0.25, -0.2) is 14.5 Å². The number of hydrogen-bond donors (Lipinski definition) is 0. The molecule has 4 heterocycles. The van der Waals surface area contributed by atoms with Crippen molar-refractivity contribution in [2.24, 2.45) is 0 Å². The molecule has 0 radical (unpaired) electrons. The van der Waals surface area contributed by atoms with Gasteiger partial charge in [0.15, 0.2) is 0 Å². The van der Waals surface area contributed by atoms with Gasteiger partial charge in [0.2, 0.25) is 17.4 Å². The van der Waals surface area contributed by atoms with E-state index in [-0.39, 0.29) is 10.8 Å². The van der Waals surface area contributed by atoms with Gasteiger partial charge in [-0.1, -0.05) is 126 Å². The minimum Gasteiger partial charge on any atom is -0.439 e. The molecule has 5 nitrogen and oxygen atoms in total. The van der Waals surface area contributed by atoms with Gasteiger partial charge < -0.3 is 8.83 Å². The summed E-state index contributed by atoms with van der Waals surface area (Å²) in [6, 6.07) is 35.8. The number of rotatable bonds is 3. The third kappa shape index (κ3) is 4.45. The Morgan fingerprint density at radius 3 is 1.31 bits per heavy atom. The molecule has 0 amide bonds. The molecule has 0 aliphatic heterocycles. The molecular weight excluding hydrogens is 554 g/mol. The van der Waals surface area contributed by atoms with Crippen molar-refractivity contribution in [3.63, 3.8) is 0 Å². The van der Waals surface area contributed by atoms with Crippen LogP contribution in [0.5, 0.6) is 0 Å². The van der Waals surface area contributed by atoms with E-state index < -0.39 is 0 Å². The highest BCUT2D eigenvalue weighted by atomic mass is 16.4. The lowest BCUT2D eigenvalue weighted by atomic mass is 9.86. The van der Waals surface area contributed by atoms with E-state index in [1.807, 2.05) is 41.0 Å². The fraction of sp³-hybridized carbons (Fsp3) is 0.200. The van der Waals surface area contributed by atoms with Crippen molar-refractivity contribution in [3.05, 3.63) is 114 Å². The molecule has 45 heavy (non-hydrogen) atoms. The molecule has 0 saturated carbocycles. The van der Waals surface area contributed by atoms with Crippen molar-refractivity contribution >= 4 is 44.1 Å². The van der Waals surface area contributed by atoms with Crippen LogP contribution >= 0.6 is 0 Å². The molecule has 8 rings (SSSR count). The lowest BCUT2D eigenvalue weighted by molar-refractivity contribution is 0.590. The van der Waals surface area contributed by atoms with Crippen LogP contribution in [0.15, 0.2) is 112 Å². The number of benzene rings is 4. The molecule has 8 aromatic rings. The Morgan fingerprint density at radius 2 is 0.911 bits per heavy atom. The summed E-state index contributed by atoms with van der Waals surface area (Å²) in [7, 11) is 0. The number of furan rings is 2. The van der Waals surface area contributed by atoms with Gasteiger partial charge in [0.05, 0.1) is 22.2 Å². The molecule has 0 saturated heterocycles. The maximum Gasteiger partial charge on any atom is 0.240 e. The summed E-state index contributed by atoms with van der Waals surface area (Å²) in [5, 5.41) is 4.08. The number of para-hydroxylation sites is 2. The van der Waals surface area contributed by atoms with Crippen LogP contribution < -0.4 is 0 Å². The van der Waals surface area contributed by atoms with Gasteiger partial charge in [-0.05, 0) is 40.2 Å².